The molecule has 8 nitrogen and oxygen atoms in total. The molecule has 1 fully saturated rings. The van der Waals surface area contributed by atoms with E-state index in [0.29, 0.717) is 6.42 Å². The lowest BCUT2D eigenvalue weighted by Crippen LogP contribution is -2.35. The Hall–Kier alpha value is -2.82. The van der Waals surface area contributed by atoms with Crippen LogP contribution in [0.5, 0.6) is 0 Å². The van der Waals surface area contributed by atoms with E-state index in [1.807, 2.05) is 0 Å². The van der Waals surface area contributed by atoms with Crippen LogP contribution in [0.15, 0.2) is 15.8 Å². The highest BCUT2D eigenvalue weighted by atomic mass is 16.5. The van der Waals surface area contributed by atoms with Gasteiger partial charge in [0.25, 0.3) is 5.56 Å². The first kappa shape index (κ1) is 18.5. The molecular formula is C17H20N2O6. The van der Waals surface area contributed by atoms with Crippen LogP contribution in [-0.2, 0) is 25.6 Å². The van der Waals surface area contributed by atoms with E-state index in [4.69, 9.17) is 9.47 Å². The van der Waals surface area contributed by atoms with Gasteiger partial charge in [-0.2, -0.15) is 0 Å². The molecule has 0 aliphatic heterocycles. The summed E-state index contributed by atoms with van der Waals surface area (Å²) in [5.41, 5.74) is -1.44. The van der Waals surface area contributed by atoms with Gasteiger partial charge in [-0.1, -0.05) is 5.92 Å². The van der Waals surface area contributed by atoms with Crippen LogP contribution >= 0.6 is 0 Å². The summed E-state index contributed by atoms with van der Waals surface area (Å²) < 4.78 is 11.5. The molecule has 134 valence electrons. The molecule has 1 heterocycles. The quantitative estimate of drug-likeness (QED) is 0.574. The van der Waals surface area contributed by atoms with Gasteiger partial charge >= 0.3 is 17.6 Å². The number of hydrogen-bond donors (Lipinski definition) is 1. The molecule has 1 N–H and O–H groups in total. The maximum atomic E-state index is 12.1. The van der Waals surface area contributed by atoms with Gasteiger partial charge in [-0.3, -0.25) is 23.9 Å². The maximum absolute atomic E-state index is 12.1. The fourth-order valence-electron chi connectivity index (χ4n) is 2.74. The molecule has 0 radical (unpaired) electrons. The lowest BCUT2D eigenvalue weighted by molar-refractivity contribution is -0.145. The second-order valence-electron chi connectivity index (χ2n) is 6.15. The molecule has 2 unspecified atom stereocenters. The van der Waals surface area contributed by atoms with Gasteiger partial charge in [-0.05, 0) is 13.3 Å². The van der Waals surface area contributed by atoms with Crippen molar-refractivity contribution in [3.63, 3.8) is 0 Å². The number of aromatic amines is 1. The summed E-state index contributed by atoms with van der Waals surface area (Å²) in [6.07, 6.45) is 2.03. The lowest BCUT2D eigenvalue weighted by atomic mass is 10.1. The summed E-state index contributed by atoms with van der Waals surface area (Å²) >= 11 is 0. The highest BCUT2D eigenvalue weighted by Gasteiger charge is 2.56. The van der Waals surface area contributed by atoms with Crippen molar-refractivity contribution >= 4 is 11.9 Å². The van der Waals surface area contributed by atoms with E-state index in [-0.39, 0.29) is 31.2 Å². The summed E-state index contributed by atoms with van der Waals surface area (Å²) in [6.45, 7) is 4.73. The minimum Gasteiger partial charge on any atom is -0.466 e. The SMILES string of the molecule is CC#Cc1cn(CC2(COC(C)=O)CC2COC(C)=O)c(=O)[nH]c1=O. The van der Waals surface area contributed by atoms with Crippen molar-refractivity contribution in [2.45, 2.75) is 33.7 Å². The molecule has 1 aromatic heterocycles. The molecule has 2 rings (SSSR count). The minimum atomic E-state index is -0.563. The number of hydrogen-bond acceptors (Lipinski definition) is 6. The number of H-pyrrole nitrogens is 1. The van der Waals surface area contributed by atoms with E-state index in [9.17, 15) is 19.2 Å². The summed E-state index contributed by atoms with van der Waals surface area (Å²) in [6, 6.07) is 0. The Morgan fingerprint density at radius 1 is 1.32 bits per heavy atom. The first-order valence-electron chi connectivity index (χ1n) is 7.80. The summed E-state index contributed by atoms with van der Waals surface area (Å²) in [5, 5.41) is 0. The highest BCUT2D eigenvalue weighted by molar-refractivity contribution is 5.66. The number of carbonyl (C=O) groups excluding carboxylic acids is 2. The van der Waals surface area contributed by atoms with Crippen molar-refractivity contribution < 1.29 is 19.1 Å². The standard InChI is InChI=1S/C17H20N2O6/c1-4-5-13-7-19(16(23)18-15(13)22)9-17(10-25-12(3)21)6-14(17)8-24-11(2)20/h7,14H,6,8-10H2,1-3H3,(H,18,22,23). The topological polar surface area (TPSA) is 107 Å². The number of rotatable bonds is 6. The average Bonchev–Trinajstić information content (AvgIpc) is 3.21. The molecular weight excluding hydrogens is 328 g/mol. The Morgan fingerprint density at radius 2 is 2.00 bits per heavy atom. The van der Waals surface area contributed by atoms with E-state index in [0.717, 1.165) is 0 Å². The van der Waals surface area contributed by atoms with Crippen LogP contribution in [0.2, 0.25) is 0 Å². The third-order valence-corrected chi connectivity index (χ3v) is 4.17. The van der Waals surface area contributed by atoms with Crippen LogP contribution in [0, 0.1) is 23.2 Å². The van der Waals surface area contributed by atoms with E-state index in [2.05, 4.69) is 16.8 Å². The molecule has 1 saturated carbocycles. The van der Waals surface area contributed by atoms with Crippen LogP contribution in [-0.4, -0.2) is 34.7 Å². The van der Waals surface area contributed by atoms with E-state index in [1.165, 1.54) is 24.6 Å². The molecule has 0 amide bonds. The molecule has 0 spiro atoms. The van der Waals surface area contributed by atoms with Crippen molar-refractivity contribution in [3.05, 3.63) is 32.6 Å². The molecule has 0 aromatic carbocycles. The van der Waals surface area contributed by atoms with Crippen molar-refractivity contribution in [1.82, 2.24) is 9.55 Å². The summed E-state index contributed by atoms with van der Waals surface area (Å²) in [4.78, 5) is 48.2. The van der Waals surface area contributed by atoms with Crippen LogP contribution < -0.4 is 11.2 Å². The van der Waals surface area contributed by atoms with Gasteiger partial charge in [0.05, 0.1) is 13.2 Å². The minimum absolute atomic E-state index is 0.0321. The summed E-state index contributed by atoms with van der Waals surface area (Å²) in [5.74, 6) is 4.41. The van der Waals surface area contributed by atoms with Crippen LogP contribution in [0.3, 0.4) is 0 Å². The zero-order chi connectivity index (χ0) is 18.6. The lowest BCUT2D eigenvalue weighted by Gasteiger charge is -2.18. The summed E-state index contributed by atoms with van der Waals surface area (Å²) in [7, 11) is 0. The molecule has 0 saturated heterocycles. The van der Waals surface area contributed by atoms with Crippen molar-refractivity contribution in [2.24, 2.45) is 11.3 Å². The molecule has 0 bridgehead atoms. The first-order valence-corrected chi connectivity index (χ1v) is 7.80. The molecule has 1 aliphatic carbocycles. The fraction of sp³-hybridized carbons (Fsp3) is 0.529. The number of esters is 2. The Kier molecular flexibility index (Phi) is 5.47. The number of ether oxygens (including phenoxy) is 2. The van der Waals surface area contributed by atoms with E-state index >= 15 is 0 Å². The normalized spacial score (nSPS) is 21.0. The Balaban J connectivity index is 2.25. The number of nitrogens with one attached hydrogen (secondary N) is 1. The Bertz CT molecular complexity index is 856. The zero-order valence-corrected chi connectivity index (χ0v) is 14.4. The second kappa shape index (κ2) is 7.38. The van der Waals surface area contributed by atoms with Crippen LogP contribution in [0.25, 0.3) is 0 Å². The number of aromatic nitrogens is 2. The second-order valence-corrected chi connectivity index (χ2v) is 6.15. The van der Waals surface area contributed by atoms with Crippen LogP contribution in [0.4, 0.5) is 0 Å². The predicted octanol–water partition coefficient (Wildman–Crippen LogP) is 0.0405. The van der Waals surface area contributed by atoms with Gasteiger partial charge in [0, 0.05) is 37.9 Å². The Morgan fingerprint density at radius 3 is 2.60 bits per heavy atom. The predicted molar refractivity (Wildman–Crippen MR) is 87.7 cm³/mol. The van der Waals surface area contributed by atoms with E-state index < -0.39 is 28.6 Å². The number of nitrogens with zero attached hydrogens (tertiary/aromatic N) is 1. The third-order valence-electron chi connectivity index (χ3n) is 4.17. The van der Waals surface area contributed by atoms with E-state index in [1.54, 1.807) is 6.92 Å². The first-order chi connectivity index (χ1) is 11.8. The molecule has 8 heteroatoms. The highest BCUT2D eigenvalue weighted by Crippen LogP contribution is 2.54. The van der Waals surface area contributed by atoms with Gasteiger partial charge in [0.2, 0.25) is 0 Å². The van der Waals surface area contributed by atoms with Gasteiger partial charge < -0.3 is 9.47 Å². The van der Waals surface area contributed by atoms with Gasteiger partial charge in [0.15, 0.2) is 0 Å². The smallest absolute Gasteiger partial charge is 0.328 e. The molecule has 2 atom stereocenters. The third kappa shape index (κ3) is 4.59. The van der Waals surface area contributed by atoms with Gasteiger partial charge in [-0.15, -0.1) is 5.92 Å². The van der Waals surface area contributed by atoms with Crippen molar-refractivity contribution in [2.75, 3.05) is 13.2 Å². The largest absolute Gasteiger partial charge is 0.466 e. The molecule has 1 aliphatic rings. The number of carbonyl (C=O) groups is 2. The average molecular weight is 348 g/mol. The van der Waals surface area contributed by atoms with Crippen molar-refractivity contribution in [1.29, 1.82) is 0 Å². The van der Waals surface area contributed by atoms with Crippen molar-refractivity contribution in [3.8, 4) is 11.8 Å². The van der Waals surface area contributed by atoms with Gasteiger partial charge in [0.1, 0.15) is 5.56 Å². The zero-order valence-electron chi connectivity index (χ0n) is 14.4. The van der Waals surface area contributed by atoms with Crippen LogP contribution in [0.1, 0.15) is 32.8 Å². The monoisotopic (exact) mass is 348 g/mol. The molecule has 1 aromatic rings. The van der Waals surface area contributed by atoms with Gasteiger partial charge in [-0.25, -0.2) is 4.79 Å². The molecule has 25 heavy (non-hydrogen) atoms. The fourth-order valence-corrected chi connectivity index (χ4v) is 2.74. The maximum Gasteiger partial charge on any atom is 0.328 e. The Labute approximate surface area is 144 Å².